The van der Waals surface area contributed by atoms with Crippen molar-refractivity contribution in [3.8, 4) is 0 Å². The van der Waals surface area contributed by atoms with Crippen molar-refractivity contribution in [1.29, 1.82) is 0 Å². The van der Waals surface area contributed by atoms with E-state index in [1.165, 1.54) is 0 Å². The minimum absolute atomic E-state index is 0.484. The number of aromatic nitrogens is 2. The van der Waals surface area contributed by atoms with Crippen LogP contribution < -0.4 is 4.90 Å². The molecule has 0 aliphatic carbocycles. The Balaban J connectivity index is 1.61. The van der Waals surface area contributed by atoms with Crippen LogP contribution in [0.15, 0.2) is 33.6 Å². The van der Waals surface area contributed by atoms with Crippen molar-refractivity contribution < 1.29 is 4.42 Å². The van der Waals surface area contributed by atoms with Crippen LogP contribution in [-0.2, 0) is 6.54 Å². The van der Waals surface area contributed by atoms with Gasteiger partial charge in [0, 0.05) is 37.9 Å². The summed E-state index contributed by atoms with van der Waals surface area (Å²) in [4.78, 5) is 13.2. The van der Waals surface area contributed by atoms with E-state index in [0.717, 1.165) is 48.0 Å². The Labute approximate surface area is 133 Å². The van der Waals surface area contributed by atoms with Gasteiger partial charge in [-0.3, -0.25) is 4.90 Å². The second kappa shape index (κ2) is 6.15. The lowest BCUT2D eigenvalue weighted by Crippen LogP contribution is -2.35. The van der Waals surface area contributed by atoms with Crippen molar-refractivity contribution in [3.05, 3.63) is 40.7 Å². The van der Waals surface area contributed by atoms with Crippen LogP contribution in [0.2, 0.25) is 0 Å². The van der Waals surface area contributed by atoms with Gasteiger partial charge in [-0.05, 0) is 41.4 Å². The van der Waals surface area contributed by atoms with Crippen molar-refractivity contribution in [1.82, 2.24) is 14.9 Å². The number of aryl methyl sites for hydroxylation is 1. The minimum Gasteiger partial charge on any atom is -0.453 e. The van der Waals surface area contributed by atoms with Gasteiger partial charge >= 0.3 is 0 Å². The van der Waals surface area contributed by atoms with Crippen LogP contribution in [0.1, 0.15) is 17.9 Å². The second-order valence-corrected chi connectivity index (χ2v) is 6.29. The average Bonchev–Trinajstić information content (AvgIpc) is 3.08. The van der Waals surface area contributed by atoms with E-state index >= 15 is 0 Å². The van der Waals surface area contributed by atoms with Gasteiger partial charge in [-0.15, -0.1) is 0 Å². The van der Waals surface area contributed by atoms with E-state index < -0.39 is 0 Å². The standard InChI is InChI=1S/C15H19BrN4O/c1-11-7-15(18-10-17-11)19(2)12-5-6-20(8-12)9-13-3-4-14(16)21-13/h3-4,7,10,12H,5-6,8-9H2,1-2H3. The molecule has 21 heavy (non-hydrogen) atoms. The number of anilines is 1. The maximum absolute atomic E-state index is 5.58. The summed E-state index contributed by atoms with van der Waals surface area (Å²) < 4.78 is 6.38. The third-order valence-electron chi connectivity index (χ3n) is 3.95. The Morgan fingerprint density at radius 2 is 2.29 bits per heavy atom. The Kier molecular flexibility index (Phi) is 4.26. The first kappa shape index (κ1) is 14.5. The lowest BCUT2D eigenvalue weighted by Gasteiger charge is -2.25. The molecule has 0 saturated carbocycles. The molecule has 2 aromatic heterocycles. The molecule has 6 heteroatoms. The normalized spacial score (nSPS) is 19.1. The first-order valence-corrected chi connectivity index (χ1v) is 7.89. The summed E-state index contributed by atoms with van der Waals surface area (Å²) in [5.41, 5.74) is 1.00. The van der Waals surface area contributed by atoms with Crippen molar-refractivity contribution in [2.45, 2.75) is 25.9 Å². The molecule has 0 N–H and O–H groups in total. The van der Waals surface area contributed by atoms with Crippen LogP contribution in [0.4, 0.5) is 5.82 Å². The topological polar surface area (TPSA) is 45.4 Å². The first-order valence-electron chi connectivity index (χ1n) is 7.10. The molecule has 112 valence electrons. The fourth-order valence-electron chi connectivity index (χ4n) is 2.75. The summed E-state index contributed by atoms with van der Waals surface area (Å²) >= 11 is 3.35. The maximum atomic E-state index is 5.58. The van der Waals surface area contributed by atoms with Crippen LogP contribution in [-0.4, -0.2) is 41.0 Å². The monoisotopic (exact) mass is 350 g/mol. The third-order valence-corrected chi connectivity index (χ3v) is 4.38. The number of likely N-dealkylation sites (N-methyl/N-ethyl adjacent to an activating group) is 1. The lowest BCUT2D eigenvalue weighted by atomic mass is 10.2. The zero-order valence-electron chi connectivity index (χ0n) is 12.3. The molecule has 1 aliphatic heterocycles. The van der Waals surface area contributed by atoms with Crippen LogP contribution in [0.3, 0.4) is 0 Å². The molecule has 3 rings (SSSR count). The van der Waals surface area contributed by atoms with Crippen molar-refractivity contribution in [3.63, 3.8) is 0 Å². The molecule has 1 unspecified atom stereocenters. The van der Waals surface area contributed by atoms with Crippen molar-refractivity contribution in [2.75, 3.05) is 25.0 Å². The molecule has 1 aliphatic rings. The molecule has 1 atom stereocenters. The summed E-state index contributed by atoms with van der Waals surface area (Å²) in [6.45, 7) is 4.96. The maximum Gasteiger partial charge on any atom is 0.169 e. The van der Waals surface area contributed by atoms with Crippen LogP contribution in [0.25, 0.3) is 0 Å². The van der Waals surface area contributed by atoms with Gasteiger partial charge < -0.3 is 9.32 Å². The quantitative estimate of drug-likeness (QED) is 0.848. The van der Waals surface area contributed by atoms with Gasteiger partial charge in [0.05, 0.1) is 6.54 Å². The first-order chi connectivity index (χ1) is 10.1. The van der Waals surface area contributed by atoms with Crippen LogP contribution >= 0.6 is 15.9 Å². The highest BCUT2D eigenvalue weighted by Crippen LogP contribution is 2.22. The molecular weight excluding hydrogens is 332 g/mol. The summed E-state index contributed by atoms with van der Waals surface area (Å²) in [5, 5.41) is 0. The molecule has 0 bridgehead atoms. The molecule has 5 nitrogen and oxygen atoms in total. The van der Waals surface area contributed by atoms with Gasteiger partial charge in [-0.2, -0.15) is 0 Å². The number of rotatable bonds is 4. The molecule has 1 saturated heterocycles. The predicted molar refractivity (Wildman–Crippen MR) is 85.3 cm³/mol. The number of hydrogen-bond acceptors (Lipinski definition) is 5. The molecule has 3 heterocycles. The van der Waals surface area contributed by atoms with Gasteiger partial charge in [0.15, 0.2) is 4.67 Å². The van der Waals surface area contributed by atoms with Gasteiger partial charge in [0.2, 0.25) is 0 Å². The second-order valence-electron chi connectivity index (χ2n) is 5.51. The van der Waals surface area contributed by atoms with Gasteiger partial charge in [0.25, 0.3) is 0 Å². The molecular formula is C15H19BrN4O. The molecule has 1 fully saturated rings. The fourth-order valence-corrected chi connectivity index (χ4v) is 3.09. The predicted octanol–water partition coefficient (Wildman–Crippen LogP) is 2.85. The smallest absolute Gasteiger partial charge is 0.169 e. The van der Waals surface area contributed by atoms with Gasteiger partial charge in [0.1, 0.15) is 17.9 Å². The largest absolute Gasteiger partial charge is 0.453 e. The van der Waals surface area contributed by atoms with E-state index in [9.17, 15) is 0 Å². The zero-order chi connectivity index (χ0) is 14.8. The van der Waals surface area contributed by atoms with E-state index in [-0.39, 0.29) is 0 Å². The molecule has 0 spiro atoms. The summed E-state index contributed by atoms with van der Waals surface area (Å²) in [7, 11) is 2.11. The average molecular weight is 351 g/mol. The van der Waals surface area contributed by atoms with Crippen LogP contribution in [0, 0.1) is 6.92 Å². The molecule has 0 amide bonds. The summed E-state index contributed by atoms with van der Waals surface area (Å²) in [6, 6.07) is 6.48. The third kappa shape index (κ3) is 3.44. The van der Waals surface area contributed by atoms with E-state index in [2.05, 4.69) is 42.7 Å². The summed E-state index contributed by atoms with van der Waals surface area (Å²) in [6.07, 6.45) is 2.77. The Bertz CT molecular complexity index is 615. The fraction of sp³-hybridized carbons (Fsp3) is 0.467. The van der Waals surface area contributed by atoms with Gasteiger partial charge in [-0.1, -0.05) is 0 Å². The highest BCUT2D eigenvalue weighted by atomic mass is 79.9. The molecule has 2 aromatic rings. The number of furan rings is 1. The van der Waals surface area contributed by atoms with Crippen molar-refractivity contribution >= 4 is 21.7 Å². The number of likely N-dealkylation sites (tertiary alicyclic amines) is 1. The lowest BCUT2D eigenvalue weighted by molar-refractivity contribution is 0.291. The minimum atomic E-state index is 0.484. The van der Waals surface area contributed by atoms with Gasteiger partial charge in [-0.25, -0.2) is 9.97 Å². The number of hydrogen-bond donors (Lipinski definition) is 0. The number of nitrogens with zero attached hydrogens (tertiary/aromatic N) is 4. The zero-order valence-corrected chi connectivity index (χ0v) is 13.9. The molecule has 0 aromatic carbocycles. The highest BCUT2D eigenvalue weighted by Gasteiger charge is 2.27. The Hall–Kier alpha value is -1.40. The highest BCUT2D eigenvalue weighted by molar-refractivity contribution is 9.10. The van der Waals surface area contributed by atoms with E-state index in [4.69, 9.17) is 4.42 Å². The van der Waals surface area contributed by atoms with Crippen LogP contribution in [0.5, 0.6) is 0 Å². The Morgan fingerprint density at radius 1 is 1.43 bits per heavy atom. The summed E-state index contributed by atoms with van der Waals surface area (Å²) in [5.74, 6) is 2.00. The van der Waals surface area contributed by atoms with E-state index in [0.29, 0.717) is 6.04 Å². The Morgan fingerprint density at radius 3 is 3.00 bits per heavy atom. The van der Waals surface area contributed by atoms with E-state index in [1.54, 1.807) is 6.33 Å². The van der Waals surface area contributed by atoms with E-state index in [1.807, 2.05) is 25.1 Å². The number of halogens is 1. The van der Waals surface area contributed by atoms with Crippen molar-refractivity contribution in [2.24, 2.45) is 0 Å². The SMILES string of the molecule is Cc1cc(N(C)C2CCN(Cc3ccc(Br)o3)C2)ncn1. The molecule has 0 radical (unpaired) electrons.